The molecule has 30 heavy (non-hydrogen) atoms. The van der Waals surface area contributed by atoms with E-state index < -0.39 is 6.10 Å². The Balaban J connectivity index is 1.19. The summed E-state index contributed by atoms with van der Waals surface area (Å²) >= 11 is 0. The summed E-state index contributed by atoms with van der Waals surface area (Å²) in [5.41, 5.74) is 1.55. The molecular weight excluding hydrogens is 384 g/mol. The van der Waals surface area contributed by atoms with E-state index in [1.807, 2.05) is 48.5 Å². The van der Waals surface area contributed by atoms with E-state index in [0.717, 1.165) is 11.3 Å². The Morgan fingerprint density at radius 1 is 0.800 bits per heavy atom. The number of hydrogen-bond donors (Lipinski definition) is 0. The lowest BCUT2D eigenvalue weighted by Gasteiger charge is -2.37. The van der Waals surface area contributed by atoms with Crippen molar-refractivity contribution in [2.75, 3.05) is 39.4 Å². The summed E-state index contributed by atoms with van der Waals surface area (Å²) in [4.78, 5) is 29.3. The maximum atomic E-state index is 12.9. The van der Waals surface area contributed by atoms with Crippen molar-refractivity contribution < 1.29 is 23.8 Å². The average molecular weight is 406 g/mol. The summed E-state index contributed by atoms with van der Waals surface area (Å²) in [6, 6.07) is 15.0. The first-order chi connectivity index (χ1) is 14.7. The van der Waals surface area contributed by atoms with Crippen LogP contribution in [0, 0.1) is 0 Å². The lowest BCUT2D eigenvalue weighted by atomic mass is 10.1. The second-order valence-electron chi connectivity index (χ2n) is 7.48. The number of rotatable bonds is 2. The maximum absolute atomic E-state index is 12.9. The van der Waals surface area contributed by atoms with Gasteiger partial charge >= 0.3 is 0 Å². The number of carbonyl (C=O) groups is 2. The van der Waals surface area contributed by atoms with Crippen LogP contribution in [0.1, 0.15) is 5.56 Å². The third-order valence-electron chi connectivity index (χ3n) is 5.57. The van der Waals surface area contributed by atoms with Gasteiger partial charge in [0, 0.05) is 31.7 Å². The number of amides is 2. The topological polar surface area (TPSA) is 68.3 Å². The molecule has 5 rings (SSSR count). The van der Waals surface area contributed by atoms with Gasteiger partial charge in [-0.3, -0.25) is 9.59 Å². The van der Waals surface area contributed by atoms with E-state index in [4.69, 9.17) is 14.2 Å². The number of fused-ring (bicyclic) bond motifs is 2. The molecule has 3 heterocycles. The zero-order valence-corrected chi connectivity index (χ0v) is 16.5. The molecule has 3 aliphatic rings. The van der Waals surface area contributed by atoms with Crippen molar-refractivity contribution in [1.82, 2.24) is 9.80 Å². The van der Waals surface area contributed by atoms with Crippen LogP contribution in [0.15, 0.2) is 54.1 Å². The minimum atomic E-state index is -0.659. The first kappa shape index (κ1) is 18.5. The van der Waals surface area contributed by atoms with Gasteiger partial charge in [0.2, 0.25) is 6.10 Å². The smallest absolute Gasteiger partial charge is 0.267 e. The van der Waals surface area contributed by atoms with Crippen LogP contribution in [-0.4, -0.2) is 67.1 Å². The zero-order valence-electron chi connectivity index (χ0n) is 16.5. The molecule has 154 valence electrons. The van der Waals surface area contributed by atoms with Crippen molar-refractivity contribution >= 4 is 17.9 Å². The van der Waals surface area contributed by atoms with E-state index in [1.165, 1.54) is 0 Å². The van der Waals surface area contributed by atoms with Gasteiger partial charge in [0.15, 0.2) is 11.5 Å². The Morgan fingerprint density at radius 2 is 1.47 bits per heavy atom. The second-order valence-corrected chi connectivity index (χ2v) is 7.48. The molecule has 0 N–H and O–H groups in total. The minimum absolute atomic E-state index is 0.0391. The molecule has 1 fully saturated rings. The molecule has 1 atom stereocenters. The van der Waals surface area contributed by atoms with Gasteiger partial charge in [0.25, 0.3) is 11.8 Å². The molecule has 0 unspecified atom stereocenters. The normalized spacial score (nSPS) is 20.0. The predicted molar refractivity (Wildman–Crippen MR) is 109 cm³/mol. The highest BCUT2D eigenvalue weighted by Crippen LogP contribution is 2.31. The Hall–Kier alpha value is -3.48. The third kappa shape index (κ3) is 3.47. The van der Waals surface area contributed by atoms with Crippen molar-refractivity contribution in [2.45, 2.75) is 6.10 Å². The number of benzene rings is 2. The molecule has 7 heteroatoms. The van der Waals surface area contributed by atoms with Crippen molar-refractivity contribution in [2.24, 2.45) is 0 Å². The molecule has 0 radical (unpaired) electrons. The quantitative estimate of drug-likeness (QED) is 0.763. The van der Waals surface area contributed by atoms with Crippen molar-refractivity contribution in [3.05, 3.63) is 59.7 Å². The van der Waals surface area contributed by atoms with Gasteiger partial charge in [0.1, 0.15) is 19.0 Å². The molecular formula is C23H22N2O5. The second kappa shape index (κ2) is 7.74. The van der Waals surface area contributed by atoms with Gasteiger partial charge < -0.3 is 24.0 Å². The average Bonchev–Trinajstić information content (AvgIpc) is 2.82. The summed E-state index contributed by atoms with van der Waals surface area (Å²) < 4.78 is 17.2. The van der Waals surface area contributed by atoms with Gasteiger partial charge in [-0.25, -0.2) is 0 Å². The summed E-state index contributed by atoms with van der Waals surface area (Å²) in [6.45, 7) is 2.36. The number of para-hydroxylation sites is 3. The monoisotopic (exact) mass is 406 g/mol. The summed E-state index contributed by atoms with van der Waals surface area (Å²) in [6.07, 6.45) is 1.23. The summed E-state index contributed by atoms with van der Waals surface area (Å²) in [5, 5.41) is 0. The molecule has 2 amide bonds. The number of ether oxygens (including phenoxy) is 3. The first-order valence-electron chi connectivity index (χ1n) is 10.1. The van der Waals surface area contributed by atoms with E-state index >= 15 is 0 Å². The first-order valence-corrected chi connectivity index (χ1v) is 10.1. The molecule has 0 saturated carbocycles. The van der Waals surface area contributed by atoms with Crippen LogP contribution in [-0.2, 0) is 9.59 Å². The van der Waals surface area contributed by atoms with Crippen LogP contribution in [0.5, 0.6) is 17.2 Å². The van der Waals surface area contributed by atoms with Crippen molar-refractivity contribution in [3.63, 3.8) is 0 Å². The van der Waals surface area contributed by atoms with Gasteiger partial charge in [-0.15, -0.1) is 0 Å². The highest BCUT2D eigenvalue weighted by molar-refractivity contribution is 5.99. The fourth-order valence-electron chi connectivity index (χ4n) is 3.92. The molecule has 0 aromatic heterocycles. The minimum Gasteiger partial charge on any atom is -0.488 e. The number of carbonyl (C=O) groups excluding carboxylic acids is 2. The molecule has 2 aromatic carbocycles. The van der Waals surface area contributed by atoms with Crippen LogP contribution in [0.2, 0.25) is 0 Å². The van der Waals surface area contributed by atoms with Gasteiger partial charge in [-0.1, -0.05) is 30.3 Å². The van der Waals surface area contributed by atoms with Crippen molar-refractivity contribution in [1.29, 1.82) is 0 Å². The summed E-state index contributed by atoms with van der Waals surface area (Å²) in [7, 11) is 0. The molecule has 0 spiro atoms. The third-order valence-corrected chi connectivity index (χ3v) is 5.57. The zero-order chi connectivity index (χ0) is 20.5. The molecule has 2 aromatic rings. The Morgan fingerprint density at radius 3 is 2.27 bits per heavy atom. The highest BCUT2D eigenvalue weighted by Gasteiger charge is 2.34. The molecule has 1 saturated heterocycles. The van der Waals surface area contributed by atoms with Gasteiger partial charge in [-0.05, 0) is 24.3 Å². The molecule has 3 aliphatic heterocycles. The predicted octanol–water partition coefficient (Wildman–Crippen LogP) is 1.97. The fourth-order valence-corrected chi connectivity index (χ4v) is 3.92. The van der Waals surface area contributed by atoms with Crippen LogP contribution in [0.25, 0.3) is 6.08 Å². The van der Waals surface area contributed by atoms with E-state index in [0.29, 0.717) is 43.3 Å². The Labute approximate surface area is 174 Å². The highest BCUT2D eigenvalue weighted by atomic mass is 16.6. The number of piperazine rings is 1. The number of hydrogen-bond acceptors (Lipinski definition) is 5. The van der Waals surface area contributed by atoms with E-state index in [2.05, 4.69) is 0 Å². The van der Waals surface area contributed by atoms with Crippen LogP contribution in [0.4, 0.5) is 0 Å². The Kier molecular flexibility index (Phi) is 4.78. The largest absolute Gasteiger partial charge is 0.488 e. The molecule has 0 aliphatic carbocycles. The van der Waals surface area contributed by atoms with Crippen LogP contribution < -0.4 is 14.2 Å². The van der Waals surface area contributed by atoms with Gasteiger partial charge in [0.05, 0.1) is 5.57 Å². The lowest BCUT2D eigenvalue weighted by Crippen LogP contribution is -2.55. The standard InChI is InChI=1S/C23H22N2O5/c26-22(17-13-16-5-1-2-6-18(16)28-14-17)24-9-11-25(12-10-24)23(27)21-15-29-19-7-3-4-8-20(19)30-21/h1-8,13,21H,9-12,14-15H2/t21-/m0/s1. The molecule has 0 bridgehead atoms. The van der Waals surface area contributed by atoms with E-state index in [-0.39, 0.29) is 25.0 Å². The lowest BCUT2D eigenvalue weighted by molar-refractivity contribution is -0.145. The maximum Gasteiger partial charge on any atom is 0.267 e. The van der Waals surface area contributed by atoms with E-state index in [1.54, 1.807) is 15.9 Å². The van der Waals surface area contributed by atoms with Crippen LogP contribution in [0.3, 0.4) is 0 Å². The fraction of sp³-hybridized carbons (Fsp3) is 0.304. The van der Waals surface area contributed by atoms with Gasteiger partial charge in [-0.2, -0.15) is 0 Å². The van der Waals surface area contributed by atoms with E-state index in [9.17, 15) is 9.59 Å². The van der Waals surface area contributed by atoms with Crippen molar-refractivity contribution in [3.8, 4) is 17.2 Å². The van der Waals surface area contributed by atoms with Crippen LogP contribution >= 0.6 is 0 Å². The Bertz CT molecular complexity index is 1010. The SMILES string of the molecule is O=C(C1=Cc2ccccc2OC1)N1CCN(C(=O)[C@@H]2COc3ccccc3O2)CC1. The molecule has 7 nitrogen and oxygen atoms in total. The number of nitrogens with zero attached hydrogens (tertiary/aromatic N) is 2. The summed E-state index contributed by atoms with van der Waals surface area (Å²) in [5.74, 6) is 1.89.